The first-order valence-electron chi connectivity index (χ1n) is 10.9. The molecule has 0 bridgehead atoms. The van der Waals surface area contributed by atoms with E-state index in [4.69, 9.17) is 14.7 Å². The third kappa shape index (κ3) is 4.85. The van der Waals surface area contributed by atoms with Crippen molar-refractivity contribution in [2.75, 3.05) is 39.2 Å². The number of hydrogen-bond acceptors (Lipinski definition) is 6. The fraction of sp³-hybridized carbons (Fsp3) is 0.400. The Kier molecular flexibility index (Phi) is 6.47. The predicted octanol–water partition coefficient (Wildman–Crippen LogP) is 4.30. The average Bonchev–Trinajstić information content (AvgIpc) is 2.80. The average molecular weight is 418 g/mol. The summed E-state index contributed by atoms with van der Waals surface area (Å²) in [6, 6.07) is 12.5. The Labute approximate surface area is 184 Å². The molecule has 0 N–H and O–H groups in total. The molecule has 6 heteroatoms. The van der Waals surface area contributed by atoms with Crippen molar-refractivity contribution in [2.45, 2.75) is 32.2 Å². The van der Waals surface area contributed by atoms with Gasteiger partial charge in [-0.1, -0.05) is 18.2 Å². The molecule has 162 valence electrons. The molecule has 1 aliphatic rings. The van der Waals surface area contributed by atoms with Crippen molar-refractivity contribution in [1.82, 2.24) is 19.9 Å². The third-order valence-electron chi connectivity index (χ3n) is 5.94. The monoisotopic (exact) mass is 417 g/mol. The van der Waals surface area contributed by atoms with Crippen LogP contribution in [0.1, 0.15) is 35.6 Å². The second-order valence-corrected chi connectivity index (χ2v) is 8.45. The number of anilines is 1. The molecular formula is C25H31N5O. The molecule has 31 heavy (non-hydrogen) atoms. The second-order valence-electron chi connectivity index (χ2n) is 8.45. The topological polar surface area (TPSA) is 54.4 Å². The number of piperidine rings is 1. The van der Waals surface area contributed by atoms with Crippen LogP contribution in [0.25, 0.3) is 11.4 Å². The normalized spacial score (nSPS) is 16.8. The zero-order chi connectivity index (χ0) is 21.8. The summed E-state index contributed by atoms with van der Waals surface area (Å²) in [5.41, 5.74) is 4.54. The van der Waals surface area contributed by atoms with E-state index in [0.29, 0.717) is 5.92 Å². The van der Waals surface area contributed by atoms with Crippen molar-refractivity contribution >= 4 is 5.82 Å². The highest BCUT2D eigenvalue weighted by atomic mass is 16.5. The van der Waals surface area contributed by atoms with E-state index in [1.54, 1.807) is 19.5 Å². The first kappa shape index (κ1) is 21.2. The van der Waals surface area contributed by atoms with Crippen LogP contribution >= 0.6 is 0 Å². The fourth-order valence-corrected chi connectivity index (χ4v) is 4.33. The fourth-order valence-electron chi connectivity index (χ4n) is 4.33. The van der Waals surface area contributed by atoms with Gasteiger partial charge < -0.3 is 9.64 Å². The number of likely N-dealkylation sites (tertiary alicyclic amines) is 1. The molecule has 3 aromatic rings. The molecule has 0 aliphatic carbocycles. The Morgan fingerprint density at radius 3 is 2.68 bits per heavy atom. The summed E-state index contributed by atoms with van der Waals surface area (Å²) in [4.78, 5) is 18.5. The predicted molar refractivity (Wildman–Crippen MR) is 125 cm³/mol. The van der Waals surface area contributed by atoms with Gasteiger partial charge in [0.05, 0.1) is 12.8 Å². The van der Waals surface area contributed by atoms with Crippen LogP contribution in [0.4, 0.5) is 5.82 Å². The van der Waals surface area contributed by atoms with Crippen LogP contribution in [0, 0.1) is 6.92 Å². The van der Waals surface area contributed by atoms with E-state index < -0.39 is 0 Å². The summed E-state index contributed by atoms with van der Waals surface area (Å²) in [6.45, 7) is 5.07. The Morgan fingerprint density at radius 2 is 1.94 bits per heavy atom. The molecular weight excluding hydrogens is 386 g/mol. The van der Waals surface area contributed by atoms with Gasteiger partial charge in [0.1, 0.15) is 11.6 Å². The van der Waals surface area contributed by atoms with Gasteiger partial charge in [-0.05, 0) is 44.0 Å². The van der Waals surface area contributed by atoms with Gasteiger partial charge in [-0.2, -0.15) is 0 Å². The minimum atomic E-state index is 0.381. The zero-order valence-electron chi connectivity index (χ0n) is 18.9. The van der Waals surface area contributed by atoms with Crippen molar-refractivity contribution in [3.8, 4) is 17.1 Å². The van der Waals surface area contributed by atoms with Gasteiger partial charge in [-0.3, -0.25) is 9.88 Å². The van der Waals surface area contributed by atoms with Crippen LogP contribution in [-0.4, -0.2) is 54.1 Å². The van der Waals surface area contributed by atoms with Gasteiger partial charge in [0.15, 0.2) is 5.82 Å². The molecule has 4 rings (SSSR count). The summed E-state index contributed by atoms with van der Waals surface area (Å²) < 4.78 is 5.68. The van der Waals surface area contributed by atoms with E-state index >= 15 is 0 Å². The molecule has 1 unspecified atom stereocenters. The number of methoxy groups -OCH3 is 1. The number of pyridine rings is 1. The summed E-state index contributed by atoms with van der Waals surface area (Å²) in [5.74, 6) is 3.09. The Hall–Kier alpha value is -2.99. The first-order valence-corrected chi connectivity index (χ1v) is 10.9. The lowest BCUT2D eigenvalue weighted by Crippen LogP contribution is -2.34. The Morgan fingerprint density at radius 1 is 1.13 bits per heavy atom. The molecule has 0 saturated carbocycles. The third-order valence-corrected chi connectivity index (χ3v) is 5.94. The van der Waals surface area contributed by atoms with E-state index in [1.165, 1.54) is 11.1 Å². The van der Waals surface area contributed by atoms with Gasteiger partial charge in [0.25, 0.3) is 0 Å². The van der Waals surface area contributed by atoms with E-state index in [1.807, 2.05) is 31.1 Å². The van der Waals surface area contributed by atoms with Crippen molar-refractivity contribution in [2.24, 2.45) is 0 Å². The molecule has 3 heterocycles. The Balaban J connectivity index is 1.59. The molecule has 1 aromatic carbocycles. The van der Waals surface area contributed by atoms with Crippen LogP contribution in [0.3, 0.4) is 0 Å². The van der Waals surface area contributed by atoms with Crippen LogP contribution in [0.15, 0.2) is 48.8 Å². The maximum Gasteiger partial charge on any atom is 0.161 e. The van der Waals surface area contributed by atoms with Gasteiger partial charge >= 0.3 is 0 Å². The van der Waals surface area contributed by atoms with Crippen molar-refractivity contribution in [3.05, 3.63) is 65.6 Å². The lowest BCUT2D eigenvalue weighted by molar-refractivity contribution is 0.196. The zero-order valence-corrected chi connectivity index (χ0v) is 18.9. The molecule has 0 amide bonds. The highest BCUT2D eigenvalue weighted by molar-refractivity contribution is 5.57. The van der Waals surface area contributed by atoms with Crippen LogP contribution in [-0.2, 0) is 6.54 Å². The SMILES string of the molecule is COc1c(C)cccc1CN1CCCC(c2cc(N(C)C)nc(-c3ccncc3)n2)C1. The van der Waals surface area contributed by atoms with Crippen molar-refractivity contribution in [3.63, 3.8) is 0 Å². The minimum absolute atomic E-state index is 0.381. The molecule has 1 atom stereocenters. The number of hydrogen-bond donors (Lipinski definition) is 0. The molecule has 2 aromatic heterocycles. The van der Waals surface area contributed by atoms with Gasteiger partial charge in [0.2, 0.25) is 0 Å². The van der Waals surface area contributed by atoms with Gasteiger partial charge in [0, 0.05) is 62.7 Å². The molecule has 1 aliphatic heterocycles. The van der Waals surface area contributed by atoms with Gasteiger partial charge in [-0.25, -0.2) is 9.97 Å². The van der Waals surface area contributed by atoms with E-state index in [0.717, 1.165) is 61.1 Å². The highest BCUT2D eigenvalue weighted by Gasteiger charge is 2.25. The van der Waals surface area contributed by atoms with Crippen molar-refractivity contribution < 1.29 is 4.74 Å². The maximum absolute atomic E-state index is 5.68. The number of aryl methyl sites for hydroxylation is 1. The summed E-state index contributed by atoms with van der Waals surface area (Å²) >= 11 is 0. The quantitative estimate of drug-likeness (QED) is 0.596. The smallest absolute Gasteiger partial charge is 0.161 e. The molecule has 1 fully saturated rings. The van der Waals surface area contributed by atoms with E-state index in [9.17, 15) is 0 Å². The van der Waals surface area contributed by atoms with Crippen LogP contribution in [0.2, 0.25) is 0 Å². The highest BCUT2D eigenvalue weighted by Crippen LogP contribution is 2.31. The van der Waals surface area contributed by atoms with E-state index in [2.05, 4.69) is 41.1 Å². The lowest BCUT2D eigenvalue weighted by Gasteiger charge is -2.33. The molecule has 0 spiro atoms. The summed E-state index contributed by atoms with van der Waals surface area (Å²) in [5, 5.41) is 0. The molecule has 1 saturated heterocycles. The largest absolute Gasteiger partial charge is 0.496 e. The van der Waals surface area contributed by atoms with Gasteiger partial charge in [-0.15, -0.1) is 0 Å². The summed E-state index contributed by atoms with van der Waals surface area (Å²) in [7, 11) is 5.81. The maximum atomic E-state index is 5.68. The number of para-hydroxylation sites is 1. The summed E-state index contributed by atoms with van der Waals surface area (Å²) in [6.07, 6.45) is 5.88. The number of nitrogens with zero attached hydrogens (tertiary/aromatic N) is 5. The van der Waals surface area contributed by atoms with Crippen LogP contribution < -0.4 is 9.64 Å². The number of benzene rings is 1. The van der Waals surface area contributed by atoms with E-state index in [-0.39, 0.29) is 0 Å². The minimum Gasteiger partial charge on any atom is -0.496 e. The lowest BCUT2D eigenvalue weighted by atomic mass is 9.93. The van der Waals surface area contributed by atoms with Crippen LogP contribution in [0.5, 0.6) is 5.75 Å². The number of aromatic nitrogens is 3. The molecule has 0 radical (unpaired) electrons. The van der Waals surface area contributed by atoms with Crippen molar-refractivity contribution in [1.29, 1.82) is 0 Å². The Bertz CT molecular complexity index is 1020. The molecule has 6 nitrogen and oxygen atoms in total. The first-order chi connectivity index (χ1) is 15.0. The second kappa shape index (κ2) is 9.43. The number of rotatable bonds is 6. The number of ether oxygens (including phenoxy) is 1. The standard InChI is InChI=1S/C25H31N5O/c1-18-7-5-8-21(24(18)31-4)17-30-14-6-9-20(16-30)22-15-23(29(2)3)28-25(27-22)19-10-12-26-13-11-19/h5,7-8,10-13,15,20H,6,9,14,16-17H2,1-4H3.